The van der Waals surface area contributed by atoms with E-state index in [4.69, 9.17) is 9.26 Å². The van der Waals surface area contributed by atoms with Gasteiger partial charge in [0.05, 0.1) is 13.2 Å². The van der Waals surface area contributed by atoms with E-state index >= 15 is 0 Å². The Balaban J connectivity index is 1.33. The number of carbonyl (C=O) groups is 1. The SMILES string of the molecule is O=C(C1CO1)N1CCN(Cc2nc(-c3ccccc3)no2)CC1. The van der Waals surface area contributed by atoms with Crippen molar-refractivity contribution < 1.29 is 14.1 Å². The summed E-state index contributed by atoms with van der Waals surface area (Å²) in [6.07, 6.45) is -0.189. The number of nitrogens with zero attached hydrogens (tertiary/aromatic N) is 4. The number of rotatable bonds is 4. The zero-order valence-electron chi connectivity index (χ0n) is 12.7. The summed E-state index contributed by atoms with van der Waals surface area (Å²) in [4.78, 5) is 20.5. The Morgan fingerprint density at radius 2 is 1.91 bits per heavy atom. The van der Waals surface area contributed by atoms with Gasteiger partial charge in [0, 0.05) is 31.7 Å². The second-order valence-electron chi connectivity index (χ2n) is 5.80. The van der Waals surface area contributed by atoms with Crippen LogP contribution < -0.4 is 0 Å². The fraction of sp³-hybridized carbons (Fsp3) is 0.438. The standard InChI is InChI=1S/C16H18N4O3/c21-16(13-11-22-13)20-8-6-19(7-9-20)10-14-17-15(18-23-14)12-4-2-1-3-5-12/h1-5,13H,6-11H2. The zero-order chi connectivity index (χ0) is 15.6. The molecule has 0 spiro atoms. The number of ether oxygens (including phenoxy) is 1. The third-order valence-electron chi connectivity index (χ3n) is 4.15. The topological polar surface area (TPSA) is 75.0 Å². The lowest BCUT2D eigenvalue weighted by Crippen LogP contribution is -2.49. The summed E-state index contributed by atoms with van der Waals surface area (Å²) < 4.78 is 10.4. The van der Waals surface area contributed by atoms with Crippen LogP contribution in [0.2, 0.25) is 0 Å². The summed E-state index contributed by atoms with van der Waals surface area (Å²) in [5.74, 6) is 1.34. The highest BCUT2D eigenvalue weighted by Gasteiger charge is 2.36. The second-order valence-corrected chi connectivity index (χ2v) is 5.80. The minimum Gasteiger partial charge on any atom is -0.363 e. The molecule has 7 heteroatoms. The van der Waals surface area contributed by atoms with Crippen molar-refractivity contribution in [3.63, 3.8) is 0 Å². The van der Waals surface area contributed by atoms with Crippen molar-refractivity contribution in [3.8, 4) is 11.4 Å². The highest BCUT2D eigenvalue weighted by atomic mass is 16.6. The summed E-state index contributed by atoms with van der Waals surface area (Å²) >= 11 is 0. The molecular formula is C16H18N4O3. The molecule has 0 bridgehead atoms. The Morgan fingerprint density at radius 1 is 1.17 bits per heavy atom. The molecule has 3 heterocycles. The van der Waals surface area contributed by atoms with E-state index in [0.29, 0.717) is 24.9 Å². The number of benzene rings is 1. The van der Waals surface area contributed by atoms with E-state index in [1.807, 2.05) is 35.2 Å². The maximum Gasteiger partial charge on any atom is 0.254 e. The zero-order valence-corrected chi connectivity index (χ0v) is 12.7. The van der Waals surface area contributed by atoms with E-state index in [9.17, 15) is 4.79 Å². The highest BCUT2D eigenvalue weighted by Crippen LogP contribution is 2.17. The van der Waals surface area contributed by atoms with Crippen LogP contribution in [0, 0.1) is 0 Å². The smallest absolute Gasteiger partial charge is 0.254 e. The molecule has 0 aliphatic carbocycles. The Hall–Kier alpha value is -2.25. The first-order valence-corrected chi connectivity index (χ1v) is 7.80. The number of piperazine rings is 1. The Labute approximate surface area is 133 Å². The molecule has 2 aliphatic heterocycles. The van der Waals surface area contributed by atoms with Crippen molar-refractivity contribution >= 4 is 5.91 Å². The first-order chi connectivity index (χ1) is 11.3. The van der Waals surface area contributed by atoms with E-state index < -0.39 is 0 Å². The van der Waals surface area contributed by atoms with Crippen LogP contribution in [-0.2, 0) is 16.1 Å². The average molecular weight is 314 g/mol. The van der Waals surface area contributed by atoms with Crippen molar-refractivity contribution in [1.29, 1.82) is 0 Å². The first kappa shape index (κ1) is 14.3. The van der Waals surface area contributed by atoms with Gasteiger partial charge in [0.25, 0.3) is 5.91 Å². The number of hydrogen-bond acceptors (Lipinski definition) is 6. The molecule has 2 aliphatic rings. The number of aromatic nitrogens is 2. The molecular weight excluding hydrogens is 296 g/mol. The van der Waals surface area contributed by atoms with E-state index in [2.05, 4.69) is 15.0 Å². The van der Waals surface area contributed by atoms with Crippen molar-refractivity contribution in [2.45, 2.75) is 12.6 Å². The largest absolute Gasteiger partial charge is 0.363 e. The van der Waals surface area contributed by atoms with Crippen LogP contribution in [0.15, 0.2) is 34.9 Å². The molecule has 1 aromatic heterocycles. The van der Waals surface area contributed by atoms with Crippen LogP contribution in [0.1, 0.15) is 5.89 Å². The van der Waals surface area contributed by atoms with Crippen LogP contribution in [0.25, 0.3) is 11.4 Å². The van der Waals surface area contributed by atoms with Gasteiger partial charge in [-0.25, -0.2) is 0 Å². The Morgan fingerprint density at radius 3 is 2.61 bits per heavy atom. The summed E-state index contributed by atoms with van der Waals surface area (Å²) in [6.45, 7) is 4.24. The molecule has 1 unspecified atom stereocenters. The average Bonchev–Trinajstić information content (AvgIpc) is 3.35. The monoisotopic (exact) mass is 314 g/mol. The lowest BCUT2D eigenvalue weighted by atomic mass is 10.2. The molecule has 0 radical (unpaired) electrons. The van der Waals surface area contributed by atoms with Crippen molar-refractivity contribution in [2.24, 2.45) is 0 Å². The third-order valence-corrected chi connectivity index (χ3v) is 4.15. The molecule has 2 saturated heterocycles. The van der Waals surface area contributed by atoms with Gasteiger partial charge in [-0.1, -0.05) is 35.5 Å². The van der Waals surface area contributed by atoms with Gasteiger partial charge in [-0.3, -0.25) is 9.69 Å². The minimum absolute atomic E-state index is 0.119. The van der Waals surface area contributed by atoms with E-state index in [0.717, 1.165) is 31.7 Å². The Kier molecular flexibility index (Phi) is 3.80. The van der Waals surface area contributed by atoms with E-state index in [1.54, 1.807) is 0 Å². The normalized spacial score (nSPS) is 21.4. The lowest BCUT2D eigenvalue weighted by molar-refractivity contribution is -0.134. The van der Waals surface area contributed by atoms with Crippen molar-refractivity contribution in [2.75, 3.05) is 32.8 Å². The molecule has 23 heavy (non-hydrogen) atoms. The minimum atomic E-state index is -0.189. The number of hydrogen-bond donors (Lipinski definition) is 0. The van der Waals surface area contributed by atoms with E-state index in [1.165, 1.54) is 0 Å². The first-order valence-electron chi connectivity index (χ1n) is 7.80. The lowest BCUT2D eigenvalue weighted by Gasteiger charge is -2.33. The predicted octanol–water partition coefficient (Wildman–Crippen LogP) is 0.780. The van der Waals surface area contributed by atoms with Gasteiger partial charge in [0.15, 0.2) is 6.10 Å². The molecule has 1 aromatic carbocycles. The second kappa shape index (κ2) is 6.10. The number of epoxide rings is 1. The van der Waals surface area contributed by atoms with E-state index in [-0.39, 0.29) is 12.0 Å². The van der Waals surface area contributed by atoms with Gasteiger partial charge in [-0.15, -0.1) is 0 Å². The quantitative estimate of drug-likeness (QED) is 0.776. The van der Waals surface area contributed by atoms with Crippen molar-refractivity contribution in [1.82, 2.24) is 19.9 Å². The van der Waals surface area contributed by atoms with Crippen LogP contribution >= 0.6 is 0 Å². The fourth-order valence-corrected chi connectivity index (χ4v) is 2.74. The molecule has 4 rings (SSSR count). The van der Waals surface area contributed by atoms with Crippen molar-refractivity contribution in [3.05, 3.63) is 36.2 Å². The summed E-state index contributed by atoms with van der Waals surface area (Å²) in [5.41, 5.74) is 0.947. The maximum atomic E-state index is 11.9. The van der Waals surface area contributed by atoms with Gasteiger partial charge in [0.2, 0.25) is 11.7 Å². The van der Waals surface area contributed by atoms with Crippen LogP contribution in [-0.4, -0.2) is 64.7 Å². The molecule has 0 saturated carbocycles. The molecule has 120 valence electrons. The van der Waals surface area contributed by atoms with Gasteiger partial charge in [0.1, 0.15) is 0 Å². The third kappa shape index (κ3) is 3.25. The molecule has 0 N–H and O–H groups in total. The summed E-state index contributed by atoms with van der Waals surface area (Å²) in [5, 5.41) is 4.03. The number of carbonyl (C=O) groups excluding carboxylic acids is 1. The van der Waals surface area contributed by atoms with Gasteiger partial charge >= 0.3 is 0 Å². The van der Waals surface area contributed by atoms with Crippen LogP contribution in [0.4, 0.5) is 0 Å². The predicted molar refractivity (Wildman–Crippen MR) is 81.3 cm³/mol. The van der Waals surface area contributed by atoms with Gasteiger partial charge in [-0.05, 0) is 0 Å². The fourth-order valence-electron chi connectivity index (χ4n) is 2.74. The van der Waals surface area contributed by atoms with Gasteiger partial charge < -0.3 is 14.2 Å². The molecule has 2 fully saturated rings. The molecule has 1 atom stereocenters. The summed E-state index contributed by atoms with van der Waals surface area (Å²) in [7, 11) is 0. The molecule has 1 amide bonds. The van der Waals surface area contributed by atoms with Crippen LogP contribution in [0.5, 0.6) is 0 Å². The number of amides is 1. The summed E-state index contributed by atoms with van der Waals surface area (Å²) in [6, 6.07) is 9.77. The maximum absolute atomic E-state index is 11.9. The Bertz CT molecular complexity index is 676. The highest BCUT2D eigenvalue weighted by molar-refractivity contribution is 5.83. The van der Waals surface area contributed by atoms with Gasteiger partial charge in [-0.2, -0.15) is 4.98 Å². The molecule has 7 nitrogen and oxygen atoms in total. The molecule has 2 aromatic rings. The van der Waals surface area contributed by atoms with Crippen LogP contribution in [0.3, 0.4) is 0 Å².